The molecule has 94 valence electrons. The van der Waals surface area contributed by atoms with Gasteiger partial charge in [-0.05, 0) is 30.5 Å². The van der Waals surface area contributed by atoms with Crippen LogP contribution in [0, 0.1) is 0 Å². The summed E-state index contributed by atoms with van der Waals surface area (Å²) in [5, 5.41) is 0.507. The Labute approximate surface area is 114 Å². The zero-order valence-electron chi connectivity index (χ0n) is 10.3. The molecule has 4 heteroatoms. The van der Waals surface area contributed by atoms with Crippen LogP contribution in [0.4, 0.5) is 0 Å². The highest BCUT2D eigenvalue weighted by atomic mass is 32.2. The minimum atomic E-state index is -0.350. The quantitative estimate of drug-likeness (QED) is 0.667. The van der Waals surface area contributed by atoms with Crippen molar-refractivity contribution in [2.45, 2.75) is 4.90 Å². The van der Waals surface area contributed by atoms with Crippen LogP contribution in [0.1, 0.15) is 0 Å². The summed E-state index contributed by atoms with van der Waals surface area (Å²) < 4.78 is 5.34. The number of aromatic nitrogens is 1. The Morgan fingerprint density at radius 3 is 2.63 bits per heavy atom. The third kappa shape index (κ3) is 2.15. The number of hydrogen-bond donors (Lipinski definition) is 0. The summed E-state index contributed by atoms with van der Waals surface area (Å²) in [5.74, 6) is 0.369. The van der Waals surface area contributed by atoms with Crippen LogP contribution in [0.5, 0.6) is 0 Å². The van der Waals surface area contributed by atoms with E-state index in [1.54, 1.807) is 23.9 Å². The first-order chi connectivity index (χ1) is 9.29. The Morgan fingerprint density at radius 2 is 1.79 bits per heavy atom. The lowest BCUT2D eigenvalue weighted by Gasteiger charge is -2.05. The van der Waals surface area contributed by atoms with Crippen molar-refractivity contribution < 1.29 is 4.42 Å². The summed E-state index contributed by atoms with van der Waals surface area (Å²) in [5.41, 5.74) is 1.15. The second kappa shape index (κ2) is 4.90. The average Bonchev–Trinajstić information content (AvgIpc) is 2.47. The molecule has 0 aliphatic heterocycles. The standard InChI is InChI=1S/C15H11NO2S/c1-19-13-9-5-3-7-11(13)14-16-12-8-4-2-6-10(12)15(17)18-14/h2-9H,1H3. The topological polar surface area (TPSA) is 43.1 Å². The monoisotopic (exact) mass is 269 g/mol. The molecule has 3 aromatic rings. The van der Waals surface area contributed by atoms with Crippen molar-refractivity contribution >= 4 is 22.7 Å². The van der Waals surface area contributed by atoms with Crippen LogP contribution in [0.25, 0.3) is 22.4 Å². The smallest absolute Gasteiger partial charge is 0.347 e. The molecule has 1 aromatic heterocycles. The fourth-order valence-corrected chi connectivity index (χ4v) is 2.55. The average molecular weight is 269 g/mol. The maximum Gasteiger partial charge on any atom is 0.347 e. The third-order valence-corrected chi connectivity index (χ3v) is 3.67. The summed E-state index contributed by atoms with van der Waals surface area (Å²) in [6.45, 7) is 0. The Morgan fingerprint density at radius 1 is 1.05 bits per heavy atom. The predicted molar refractivity (Wildman–Crippen MR) is 77.5 cm³/mol. The third-order valence-electron chi connectivity index (χ3n) is 2.87. The molecule has 0 N–H and O–H groups in total. The number of fused-ring (bicyclic) bond motifs is 1. The van der Waals surface area contributed by atoms with E-state index < -0.39 is 0 Å². The fourth-order valence-electron chi connectivity index (χ4n) is 1.96. The van der Waals surface area contributed by atoms with Gasteiger partial charge in [0.05, 0.1) is 16.5 Å². The summed E-state index contributed by atoms with van der Waals surface area (Å²) >= 11 is 1.60. The second-order valence-corrected chi connectivity index (χ2v) is 4.87. The van der Waals surface area contributed by atoms with E-state index in [2.05, 4.69) is 4.98 Å². The van der Waals surface area contributed by atoms with Gasteiger partial charge in [-0.25, -0.2) is 9.78 Å². The van der Waals surface area contributed by atoms with Crippen molar-refractivity contribution in [3.8, 4) is 11.5 Å². The molecule has 1 heterocycles. The zero-order valence-corrected chi connectivity index (χ0v) is 11.1. The molecule has 0 aliphatic rings. The minimum Gasteiger partial charge on any atom is -0.403 e. The van der Waals surface area contributed by atoms with E-state index in [-0.39, 0.29) is 5.63 Å². The second-order valence-electron chi connectivity index (χ2n) is 4.02. The normalized spacial score (nSPS) is 10.8. The number of thioether (sulfide) groups is 1. The number of rotatable bonds is 2. The molecular weight excluding hydrogens is 258 g/mol. The molecule has 0 spiro atoms. The number of hydrogen-bond acceptors (Lipinski definition) is 4. The van der Waals surface area contributed by atoms with Crippen molar-refractivity contribution in [1.29, 1.82) is 0 Å². The van der Waals surface area contributed by atoms with E-state index in [1.165, 1.54) is 0 Å². The highest BCUT2D eigenvalue weighted by molar-refractivity contribution is 7.98. The Hall–Kier alpha value is -2.07. The van der Waals surface area contributed by atoms with Gasteiger partial charge in [0.15, 0.2) is 0 Å². The lowest BCUT2D eigenvalue weighted by molar-refractivity contribution is 0.517. The van der Waals surface area contributed by atoms with Crippen molar-refractivity contribution in [2.75, 3.05) is 6.26 Å². The molecule has 0 amide bonds. The molecule has 0 saturated carbocycles. The van der Waals surface area contributed by atoms with E-state index in [4.69, 9.17) is 4.42 Å². The van der Waals surface area contributed by atoms with Crippen molar-refractivity contribution in [3.63, 3.8) is 0 Å². The molecule has 0 unspecified atom stereocenters. The predicted octanol–water partition coefficient (Wildman–Crippen LogP) is 3.58. The van der Waals surface area contributed by atoms with Crippen LogP contribution in [-0.2, 0) is 0 Å². The fraction of sp³-hybridized carbons (Fsp3) is 0.0667. The Bertz CT molecular complexity index is 795. The summed E-state index contributed by atoms with van der Waals surface area (Å²) in [6.07, 6.45) is 1.98. The van der Waals surface area contributed by atoms with Gasteiger partial charge in [0, 0.05) is 4.90 Å². The number of nitrogens with zero attached hydrogens (tertiary/aromatic N) is 1. The van der Waals surface area contributed by atoms with Gasteiger partial charge < -0.3 is 4.42 Å². The molecule has 0 aliphatic carbocycles. The van der Waals surface area contributed by atoms with Gasteiger partial charge in [0.25, 0.3) is 0 Å². The lowest BCUT2D eigenvalue weighted by atomic mass is 10.2. The molecule has 0 bridgehead atoms. The van der Waals surface area contributed by atoms with E-state index >= 15 is 0 Å². The van der Waals surface area contributed by atoms with Gasteiger partial charge in [0.2, 0.25) is 5.89 Å². The number of para-hydroxylation sites is 1. The van der Waals surface area contributed by atoms with Gasteiger partial charge in [-0.2, -0.15) is 0 Å². The van der Waals surface area contributed by atoms with Crippen molar-refractivity contribution in [2.24, 2.45) is 0 Å². The van der Waals surface area contributed by atoms with E-state index in [0.29, 0.717) is 16.8 Å². The Kier molecular flexibility index (Phi) is 3.09. The van der Waals surface area contributed by atoms with Crippen LogP contribution in [-0.4, -0.2) is 11.2 Å². The minimum absolute atomic E-state index is 0.350. The molecule has 19 heavy (non-hydrogen) atoms. The van der Waals surface area contributed by atoms with Crippen LogP contribution < -0.4 is 5.63 Å². The van der Waals surface area contributed by atoms with Gasteiger partial charge in [0.1, 0.15) is 0 Å². The summed E-state index contributed by atoms with van der Waals surface area (Å²) in [7, 11) is 0. The SMILES string of the molecule is CSc1ccccc1-c1nc2ccccc2c(=O)o1. The highest BCUT2D eigenvalue weighted by Crippen LogP contribution is 2.28. The first kappa shape index (κ1) is 12.0. The van der Waals surface area contributed by atoms with Gasteiger partial charge >= 0.3 is 5.63 Å². The maximum atomic E-state index is 12.0. The van der Waals surface area contributed by atoms with Crippen LogP contribution >= 0.6 is 11.8 Å². The molecule has 2 aromatic carbocycles. The van der Waals surface area contributed by atoms with Gasteiger partial charge in [-0.15, -0.1) is 11.8 Å². The van der Waals surface area contributed by atoms with E-state index in [1.807, 2.05) is 42.7 Å². The lowest BCUT2D eigenvalue weighted by Crippen LogP contribution is -2.02. The summed E-state index contributed by atoms with van der Waals surface area (Å²) in [4.78, 5) is 17.4. The molecule has 0 radical (unpaired) electrons. The largest absolute Gasteiger partial charge is 0.403 e. The van der Waals surface area contributed by atoms with Crippen molar-refractivity contribution in [1.82, 2.24) is 4.98 Å². The molecule has 3 nitrogen and oxygen atoms in total. The van der Waals surface area contributed by atoms with Crippen molar-refractivity contribution in [3.05, 3.63) is 59.0 Å². The Balaban J connectivity index is 2.29. The van der Waals surface area contributed by atoms with Gasteiger partial charge in [-0.3, -0.25) is 0 Å². The molecule has 3 rings (SSSR count). The van der Waals surface area contributed by atoms with Crippen LogP contribution in [0.2, 0.25) is 0 Å². The summed E-state index contributed by atoms with van der Waals surface area (Å²) in [6, 6.07) is 15.0. The number of benzene rings is 2. The van der Waals surface area contributed by atoms with Crippen LogP contribution in [0.3, 0.4) is 0 Å². The van der Waals surface area contributed by atoms with E-state index in [0.717, 1.165) is 10.5 Å². The molecular formula is C15H11NO2S. The zero-order chi connectivity index (χ0) is 13.2. The molecule has 0 atom stereocenters. The maximum absolute atomic E-state index is 12.0. The molecule has 0 fully saturated rings. The van der Waals surface area contributed by atoms with E-state index in [9.17, 15) is 4.79 Å². The van der Waals surface area contributed by atoms with Gasteiger partial charge in [-0.1, -0.05) is 24.3 Å². The first-order valence-electron chi connectivity index (χ1n) is 5.83. The first-order valence-corrected chi connectivity index (χ1v) is 7.05. The highest BCUT2D eigenvalue weighted by Gasteiger charge is 2.11. The van der Waals surface area contributed by atoms with Crippen LogP contribution in [0.15, 0.2) is 62.6 Å². The molecule has 0 saturated heterocycles.